The summed E-state index contributed by atoms with van der Waals surface area (Å²) in [5.41, 5.74) is 1.73. The van der Waals surface area contributed by atoms with Crippen LogP contribution in [0.25, 0.3) is 10.9 Å². The van der Waals surface area contributed by atoms with Gasteiger partial charge < -0.3 is 14.8 Å². The van der Waals surface area contributed by atoms with Gasteiger partial charge in [-0.3, -0.25) is 14.5 Å². The number of hydrogen-bond donors (Lipinski definition) is 1. The smallest absolute Gasteiger partial charge is 0.258 e. The fourth-order valence-electron chi connectivity index (χ4n) is 3.85. The van der Waals surface area contributed by atoms with Crippen molar-refractivity contribution in [3.63, 3.8) is 0 Å². The van der Waals surface area contributed by atoms with Crippen molar-refractivity contribution in [3.05, 3.63) is 70.8 Å². The van der Waals surface area contributed by atoms with Gasteiger partial charge >= 0.3 is 0 Å². The second kappa shape index (κ2) is 9.09. The number of amides is 1. The van der Waals surface area contributed by atoms with Crippen molar-refractivity contribution in [1.29, 1.82) is 0 Å². The van der Waals surface area contributed by atoms with E-state index in [2.05, 4.69) is 27.0 Å². The third-order valence-corrected chi connectivity index (χ3v) is 5.60. The summed E-state index contributed by atoms with van der Waals surface area (Å²) in [6, 6.07) is 17.6. The van der Waals surface area contributed by atoms with Crippen LogP contribution >= 0.6 is 0 Å². The highest BCUT2D eigenvalue weighted by Gasteiger charge is 2.23. The fraction of sp³-hybridized carbons (Fsp3) is 0.348. The van der Waals surface area contributed by atoms with Crippen LogP contribution in [0.3, 0.4) is 0 Å². The van der Waals surface area contributed by atoms with Crippen LogP contribution in [0, 0.1) is 0 Å². The summed E-state index contributed by atoms with van der Waals surface area (Å²) in [7, 11) is 0. The Morgan fingerprint density at radius 2 is 1.73 bits per heavy atom. The number of nitrogens with one attached hydrogen (secondary N) is 1. The van der Waals surface area contributed by atoms with E-state index < -0.39 is 0 Å². The third kappa shape index (κ3) is 4.52. The molecule has 0 saturated carbocycles. The van der Waals surface area contributed by atoms with Crippen LogP contribution in [0.15, 0.2) is 59.4 Å². The number of carbonyl (C=O) groups excluding carboxylic acids is 1. The van der Waals surface area contributed by atoms with Gasteiger partial charge in [0.1, 0.15) is 5.82 Å². The molecule has 4 rings (SSSR count). The molecule has 2 heterocycles. The SMILES string of the molecule is CCN(CC(=O)N1CCN(c2ccccc2)CC1)Cc1nc2ccccc2c(=O)[nH]1. The summed E-state index contributed by atoms with van der Waals surface area (Å²) in [6.07, 6.45) is 0. The number of hydrogen-bond acceptors (Lipinski definition) is 5. The van der Waals surface area contributed by atoms with Gasteiger partial charge in [0.2, 0.25) is 5.91 Å². The van der Waals surface area contributed by atoms with Crippen LogP contribution in [0.5, 0.6) is 0 Å². The lowest BCUT2D eigenvalue weighted by Gasteiger charge is -2.37. The summed E-state index contributed by atoms with van der Waals surface area (Å²) < 4.78 is 0. The van der Waals surface area contributed by atoms with Gasteiger partial charge in [-0.05, 0) is 30.8 Å². The summed E-state index contributed by atoms with van der Waals surface area (Å²) in [6.45, 7) is 6.58. The Hall–Kier alpha value is -3.19. The maximum atomic E-state index is 12.9. The molecule has 7 heteroatoms. The molecule has 0 radical (unpaired) electrons. The van der Waals surface area contributed by atoms with Crippen molar-refractivity contribution in [2.45, 2.75) is 13.5 Å². The van der Waals surface area contributed by atoms with Gasteiger partial charge in [-0.25, -0.2) is 4.98 Å². The molecule has 1 saturated heterocycles. The lowest BCUT2D eigenvalue weighted by molar-refractivity contribution is -0.132. The van der Waals surface area contributed by atoms with E-state index in [1.165, 1.54) is 5.69 Å². The molecule has 30 heavy (non-hydrogen) atoms. The minimum absolute atomic E-state index is 0.118. The van der Waals surface area contributed by atoms with E-state index in [1.807, 2.05) is 53.1 Å². The summed E-state index contributed by atoms with van der Waals surface area (Å²) in [5.74, 6) is 0.704. The molecule has 0 aliphatic carbocycles. The highest BCUT2D eigenvalue weighted by molar-refractivity contribution is 5.79. The number of carbonyl (C=O) groups is 1. The van der Waals surface area contributed by atoms with Gasteiger partial charge in [0.05, 0.1) is 24.0 Å². The summed E-state index contributed by atoms with van der Waals surface area (Å²) in [4.78, 5) is 38.8. The molecule has 0 unspecified atom stereocenters. The second-order valence-electron chi connectivity index (χ2n) is 7.54. The number of aromatic nitrogens is 2. The highest BCUT2D eigenvalue weighted by Crippen LogP contribution is 2.16. The number of anilines is 1. The molecule has 0 bridgehead atoms. The molecule has 2 aromatic carbocycles. The van der Waals surface area contributed by atoms with Gasteiger partial charge in [0, 0.05) is 31.9 Å². The highest BCUT2D eigenvalue weighted by atomic mass is 16.2. The van der Waals surface area contributed by atoms with E-state index in [0.29, 0.717) is 36.4 Å². The number of fused-ring (bicyclic) bond motifs is 1. The monoisotopic (exact) mass is 405 g/mol. The topological polar surface area (TPSA) is 72.5 Å². The van der Waals surface area contributed by atoms with Crippen molar-refractivity contribution in [1.82, 2.24) is 19.8 Å². The maximum Gasteiger partial charge on any atom is 0.258 e. The number of aromatic amines is 1. The van der Waals surface area contributed by atoms with Crippen molar-refractivity contribution in [2.75, 3.05) is 44.2 Å². The molecule has 0 spiro atoms. The van der Waals surface area contributed by atoms with Gasteiger partial charge in [-0.1, -0.05) is 37.3 Å². The fourth-order valence-corrected chi connectivity index (χ4v) is 3.85. The van der Waals surface area contributed by atoms with Crippen molar-refractivity contribution in [2.24, 2.45) is 0 Å². The number of likely N-dealkylation sites (N-methyl/N-ethyl adjacent to an activating group) is 1. The number of benzene rings is 2. The quantitative estimate of drug-likeness (QED) is 0.680. The largest absolute Gasteiger partial charge is 0.368 e. The molecule has 156 valence electrons. The lowest BCUT2D eigenvalue weighted by atomic mass is 10.2. The lowest BCUT2D eigenvalue weighted by Crippen LogP contribution is -2.51. The Morgan fingerprint density at radius 3 is 2.47 bits per heavy atom. The van der Waals surface area contributed by atoms with Gasteiger partial charge in [-0.2, -0.15) is 0 Å². The van der Waals surface area contributed by atoms with Crippen LogP contribution in [-0.4, -0.2) is 64.9 Å². The molecule has 0 atom stereocenters. The molecule has 7 nitrogen and oxygen atoms in total. The van der Waals surface area contributed by atoms with Crippen LogP contribution in [-0.2, 0) is 11.3 Å². The van der Waals surface area contributed by atoms with Gasteiger partial charge in [-0.15, -0.1) is 0 Å². The van der Waals surface area contributed by atoms with Crippen LogP contribution in [0.1, 0.15) is 12.7 Å². The number of nitrogens with zero attached hydrogens (tertiary/aromatic N) is 4. The average Bonchev–Trinajstić information content (AvgIpc) is 2.79. The molecule has 1 amide bonds. The molecular formula is C23H27N5O2. The van der Waals surface area contributed by atoms with E-state index in [4.69, 9.17) is 0 Å². The Balaban J connectivity index is 1.36. The zero-order valence-electron chi connectivity index (χ0n) is 17.3. The molecule has 1 N–H and O–H groups in total. The number of piperazine rings is 1. The van der Waals surface area contributed by atoms with E-state index >= 15 is 0 Å². The standard InChI is InChI=1S/C23H27N5O2/c1-2-26(16-21-24-20-11-7-6-10-19(20)23(30)25-21)17-22(29)28-14-12-27(13-15-28)18-8-4-3-5-9-18/h3-11H,2,12-17H2,1H3,(H,24,25,30). The first kappa shape index (κ1) is 20.1. The zero-order chi connectivity index (χ0) is 20.9. The Labute approximate surface area is 175 Å². The average molecular weight is 406 g/mol. The molecule has 3 aromatic rings. The Bertz CT molecular complexity index is 1060. The number of H-pyrrole nitrogens is 1. The second-order valence-corrected chi connectivity index (χ2v) is 7.54. The first-order valence-electron chi connectivity index (χ1n) is 10.4. The molecule has 1 aliphatic rings. The first-order chi connectivity index (χ1) is 14.6. The van der Waals surface area contributed by atoms with E-state index in [-0.39, 0.29) is 11.5 Å². The third-order valence-electron chi connectivity index (χ3n) is 5.60. The molecule has 1 aromatic heterocycles. The predicted molar refractivity (Wildman–Crippen MR) is 119 cm³/mol. The van der Waals surface area contributed by atoms with Crippen LogP contribution < -0.4 is 10.5 Å². The van der Waals surface area contributed by atoms with Crippen LogP contribution in [0.2, 0.25) is 0 Å². The van der Waals surface area contributed by atoms with E-state index in [0.717, 1.165) is 26.2 Å². The van der Waals surface area contributed by atoms with Crippen LogP contribution in [0.4, 0.5) is 5.69 Å². The van der Waals surface area contributed by atoms with E-state index in [9.17, 15) is 9.59 Å². The van der Waals surface area contributed by atoms with Crippen molar-refractivity contribution in [3.8, 4) is 0 Å². The molecule has 1 fully saturated rings. The van der Waals surface area contributed by atoms with Crippen molar-refractivity contribution < 1.29 is 4.79 Å². The molecular weight excluding hydrogens is 378 g/mol. The first-order valence-corrected chi connectivity index (χ1v) is 10.4. The summed E-state index contributed by atoms with van der Waals surface area (Å²) in [5, 5.41) is 0.580. The zero-order valence-corrected chi connectivity index (χ0v) is 17.3. The van der Waals surface area contributed by atoms with Crippen molar-refractivity contribution >= 4 is 22.5 Å². The van der Waals surface area contributed by atoms with Gasteiger partial charge in [0.25, 0.3) is 5.56 Å². The molecule has 1 aliphatic heterocycles. The number of rotatable bonds is 6. The Morgan fingerprint density at radius 1 is 1.03 bits per heavy atom. The Kier molecular flexibility index (Phi) is 6.09. The van der Waals surface area contributed by atoms with E-state index in [1.54, 1.807) is 6.07 Å². The minimum atomic E-state index is -0.144. The predicted octanol–water partition coefficient (Wildman–Crippen LogP) is 2.09. The number of para-hydroxylation sites is 2. The van der Waals surface area contributed by atoms with Gasteiger partial charge in [0.15, 0.2) is 0 Å². The maximum absolute atomic E-state index is 12.9. The minimum Gasteiger partial charge on any atom is -0.368 e. The summed E-state index contributed by atoms with van der Waals surface area (Å²) >= 11 is 0. The normalized spacial score (nSPS) is 14.5.